The van der Waals surface area contributed by atoms with Gasteiger partial charge in [0.15, 0.2) is 0 Å². The first kappa shape index (κ1) is 27.4. The third kappa shape index (κ3) is 5.99. The Morgan fingerprint density at radius 2 is 2.07 bits per heavy atom. The normalized spacial score (nSPS) is 19.5. The van der Waals surface area contributed by atoms with Crippen LogP contribution in [0, 0.1) is 6.92 Å². The summed E-state index contributed by atoms with van der Waals surface area (Å²) in [5.74, 6) is 0.320. The summed E-state index contributed by atoms with van der Waals surface area (Å²) in [4.78, 5) is 25.0. The highest BCUT2D eigenvalue weighted by molar-refractivity contribution is 7.13. The molecule has 1 saturated heterocycles. The fraction of sp³-hybridized carbons (Fsp3) is 0.448. The number of hydrogen-bond acceptors (Lipinski definition) is 10. The van der Waals surface area contributed by atoms with E-state index in [-0.39, 0.29) is 17.4 Å². The van der Waals surface area contributed by atoms with E-state index in [4.69, 9.17) is 9.72 Å². The molecule has 12 heteroatoms. The SMILES string of the molecule is Cc1n[nH]cc1Nc1nccc(-c2ccc3c(c2)CN([C@@H]2CCOC2)CC[C@H]3NC(=O)c2nnc(C(C)(C)C)s2)n1. The third-order valence-electron chi connectivity index (χ3n) is 7.61. The molecule has 6 rings (SSSR count). The third-order valence-corrected chi connectivity index (χ3v) is 8.96. The van der Waals surface area contributed by atoms with Crippen molar-refractivity contribution in [2.75, 3.05) is 25.1 Å². The molecule has 2 aliphatic rings. The summed E-state index contributed by atoms with van der Waals surface area (Å²) in [5.41, 5.74) is 5.62. The van der Waals surface area contributed by atoms with Gasteiger partial charge in [-0.1, -0.05) is 44.2 Å². The number of carbonyl (C=O) groups is 1. The highest BCUT2D eigenvalue weighted by Gasteiger charge is 2.31. The predicted octanol–water partition coefficient (Wildman–Crippen LogP) is 4.53. The number of aryl methyl sites for hydroxylation is 1. The second-order valence-electron chi connectivity index (χ2n) is 11.7. The summed E-state index contributed by atoms with van der Waals surface area (Å²) in [6, 6.07) is 8.53. The molecule has 0 bridgehead atoms. The molecule has 1 amide bonds. The van der Waals surface area contributed by atoms with Crippen molar-refractivity contribution >= 4 is 28.9 Å². The summed E-state index contributed by atoms with van der Waals surface area (Å²) < 4.78 is 5.72. The van der Waals surface area contributed by atoms with Gasteiger partial charge in [0.25, 0.3) is 5.91 Å². The number of aromatic amines is 1. The van der Waals surface area contributed by atoms with Crippen LogP contribution in [0.2, 0.25) is 0 Å². The molecular weight excluding hydrogens is 538 g/mol. The van der Waals surface area contributed by atoms with Crippen LogP contribution in [0.15, 0.2) is 36.7 Å². The van der Waals surface area contributed by atoms with Crippen molar-refractivity contribution in [3.05, 3.63) is 63.5 Å². The Bertz CT molecular complexity index is 1540. The average Bonchev–Trinajstić information content (AvgIpc) is 3.72. The number of anilines is 2. The van der Waals surface area contributed by atoms with Gasteiger partial charge in [-0.15, -0.1) is 10.2 Å². The molecule has 41 heavy (non-hydrogen) atoms. The molecule has 0 saturated carbocycles. The molecule has 0 unspecified atom stereocenters. The maximum atomic E-state index is 13.3. The van der Waals surface area contributed by atoms with Gasteiger partial charge in [0.2, 0.25) is 11.0 Å². The molecule has 5 heterocycles. The summed E-state index contributed by atoms with van der Waals surface area (Å²) in [6.45, 7) is 11.3. The molecule has 1 aromatic carbocycles. The lowest BCUT2D eigenvalue weighted by Crippen LogP contribution is -2.36. The van der Waals surface area contributed by atoms with Gasteiger partial charge < -0.3 is 15.4 Å². The smallest absolute Gasteiger partial charge is 0.282 e. The van der Waals surface area contributed by atoms with E-state index in [1.54, 1.807) is 12.4 Å². The predicted molar refractivity (Wildman–Crippen MR) is 157 cm³/mol. The molecular formula is C29H35N9O2S. The number of H-pyrrole nitrogens is 1. The average molecular weight is 574 g/mol. The van der Waals surface area contributed by atoms with E-state index in [1.165, 1.54) is 16.9 Å². The van der Waals surface area contributed by atoms with Gasteiger partial charge in [0.05, 0.1) is 29.7 Å². The van der Waals surface area contributed by atoms with Crippen molar-refractivity contribution < 1.29 is 9.53 Å². The molecule has 0 aliphatic carbocycles. The van der Waals surface area contributed by atoms with Crippen LogP contribution in [0.4, 0.5) is 11.6 Å². The van der Waals surface area contributed by atoms with Crippen LogP contribution in [-0.2, 0) is 16.7 Å². The maximum Gasteiger partial charge on any atom is 0.282 e. The maximum absolute atomic E-state index is 13.3. The minimum atomic E-state index is -0.184. The van der Waals surface area contributed by atoms with Gasteiger partial charge in [-0.2, -0.15) is 5.10 Å². The van der Waals surface area contributed by atoms with Crippen LogP contribution in [0.3, 0.4) is 0 Å². The highest BCUT2D eigenvalue weighted by atomic mass is 32.1. The number of nitrogens with one attached hydrogen (secondary N) is 3. The van der Waals surface area contributed by atoms with Crippen molar-refractivity contribution in [1.29, 1.82) is 0 Å². The van der Waals surface area contributed by atoms with Crippen molar-refractivity contribution in [1.82, 2.24) is 40.6 Å². The molecule has 4 aromatic rings. The van der Waals surface area contributed by atoms with Gasteiger partial charge >= 0.3 is 0 Å². The first-order chi connectivity index (χ1) is 19.7. The van der Waals surface area contributed by atoms with E-state index in [2.05, 4.69) is 79.9 Å². The van der Waals surface area contributed by atoms with Crippen LogP contribution in [0.1, 0.15) is 71.3 Å². The van der Waals surface area contributed by atoms with Gasteiger partial charge in [0, 0.05) is 49.1 Å². The van der Waals surface area contributed by atoms with Crippen LogP contribution in [0.25, 0.3) is 11.3 Å². The Morgan fingerprint density at radius 3 is 2.80 bits per heavy atom. The van der Waals surface area contributed by atoms with E-state index in [9.17, 15) is 4.79 Å². The zero-order chi connectivity index (χ0) is 28.6. The Morgan fingerprint density at radius 1 is 1.20 bits per heavy atom. The lowest BCUT2D eigenvalue weighted by molar-refractivity contribution is 0.0928. The van der Waals surface area contributed by atoms with Crippen molar-refractivity contribution in [3.8, 4) is 11.3 Å². The minimum Gasteiger partial charge on any atom is -0.380 e. The quantitative estimate of drug-likeness (QED) is 0.304. The second-order valence-corrected chi connectivity index (χ2v) is 12.6. The van der Waals surface area contributed by atoms with E-state index in [1.807, 2.05) is 13.0 Å². The summed E-state index contributed by atoms with van der Waals surface area (Å²) in [6.07, 6.45) is 5.35. The number of fused-ring (bicyclic) bond motifs is 1. The highest BCUT2D eigenvalue weighted by Crippen LogP contribution is 2.33. The number of ether oxygens (including phenoxy) is 1. The van der Waals surface area contributed by atoms with E-state index in [0.717, 1.165) is 72.4 Å². The van der Waals surface area contributed by atoms with E-state index >= 15 is 0 Å². The van der Waals surface area contributed by atoms with Gasteiger partial charge in [0.1, 0.15) is 5.01 Å². The number of benzene rings is 1. The lowest BCUT2D eigenvalue weighted by atomic mass is 9.96. The molecule has 1 fully saturated rings. The van der Waals surface area contributed by atoms with Crippen molar-refractivity contribution in [2.45, 2.75) is 64.6 Å². The van der Waals surface area contributed by atoms with Crippen molar-refractivity contribution in [3.63, 3.8) is 0 Å². The largest absolute Gasteiger partial charge is 0.380 e. The second kappa shape index (κ2) is 11.3. The van der Waals surface area contributed by atoms with Gasteiger partial charge in [-0.25, -0.2) is 9.97 Å². The topological polar surface area (TPSA) is 134 Å². The van der Waals surface area contributed by atoms with Crippen LogP contribution < -0.4 is 10.6 Å². The number of hydrogen-bond donors (Lipinski definition) is 3. The molecule has 11 nitrogen and oxygen atoms in total. The fourth-order valence-corrected chi connectivity index (χ4v) is 6.09. The molecule has 2 atom stereocenters. The summed E-state index contributed by atoms with van der Waals surface area (Å²) in [7, 11) is 0. The Kier molecular flexibility index (Phi) is 7.54. The number of amides is 1. The van der Waals surface area contributed by atoms with Gasteiger partial charge in [-0.05, 0) is 43.0 Å². The Labute approximate surface area is 243 Å². The van der Waals surface area contributed by atoms with Crippen LogP contribution in [-0.4, -0.2) is 67.0 Å². The Balaban J connectivity index is 1.29. The van der Waals surface area contributed by atoms with Crippen molar-refractivity contribution in [2.24, 2.45) is 0 Å². The molecule has 0 spiro atoms. The van der Waals surface area contributed by atoms with Crippen LogP contribution >= 0.6 is 11.3 Å². The number of aromatic nitrogens is 6. The number of rotatable bonds is 6. The fourth-order valence-electron chi connectivity index (χ4n) is 5.28. The van der Waals surface area contributed by atoms with Gasteiger partial charge in [-0.3, -0.25) is 14.8 Å². The molecule has 0 radical (unpaired) electrons. The Hall–Kier alpha value is -3.74. The number of nitrogens with zero attached hydrogens (tertiary/aromatic N) is 6. The minimum absolute atomic E-state index is 0.146. The van der Waals surface area contributed by atoms with E-state index in [0.29, 0.717) is 17.0 Å². The molecule has 3 N–H and O–H groups in total. The summed E-state index contributed by atoms with van der Waals surface area (Å²) >= 11 is 1.36. The molecule has 2 aliphatic heterocycles. The number of carbonyl (C=O) groups excluding carboxylic acids is 1. The van der Waals surface area contributed by atoms with Crippen LogP contribution in [0.5, 0.6) is 0 Å². The standard InChI is InChI=1S/C29H35N9O2S/c1-17-24(14-31-35-17)34-28-30-10-7-22(33-28)18-5-6-21-19(13-18)15-38(20-9-12-40-16-20)11-8-23(21)32-25(39)26-36-37-27(41-26)29(2,3)4/h5-7,10,13-14,20,23H,8-9,11-12,15-16H2,1-4H3,(H,31,35)(H,32,39)(H,30,33,34)/t20-,23-/m1/s1. The zero-order valence-electron chi connectivity index (χ0n) is 23.8. The monoisotopic (exact) mass is 573 g/mol. The lowest BCUT2D eigenvalue weighted by Gasteiger charge is -2.26. The molecule has 214 valence electrons. The molecule has 3 aromatic heterocycles. The van der Waals surface area contributed by atoms with E-state index < -0.39 is 0 Å². The summed E-state index contributed by atoms with van der Waals surface area (Å²) in [5, 5.41) is 23.2. The first-order valence-corrected chi connectivity index (χ1v) is 14.8. The zero-order valence-corrected chi connectivity index (χ0v) is 24.6. The first-order valence-electron chi connectivity index (χ1n) is 13.9.